The molecule has 92 valence electrons. The summed E-state index contributed by atoms with van der Waals surface area (Å²) in [6.07, 6.45) is 1.15. The van der Waals surface area contributed by atoms with Gasteiger partial charge in [-0.2, -0.15) is 0 Å². The Balaban J connectivity index is 1.90. The molecule has 0 unspecified atom stereocenters. The zero-order valence-electron chi connectivity index (χ0n) is 9.68. The highest BCUT2D eigenvalue weighted by molar-refractivity contribution is 7.10. The molecule has 5 heteroatoms. The zero-order valence-corrected chi connectivity index (χ0v) is 10.5. The third kappa shape index (κ3) is 2.09. The summed E-state index contributed by atoms with van der Waals surface area (Å²) in [7, 11) is 0. The van der Waals surface area contributed by atoms with E-state index in [0.717, 1.165) is 35.0 Å². The fourth-order valence-electron chi connectivity index (χ4n) is 2.02. The molecule has 0 saturated heterocycles. The number of hydrogen-bond acceptors (Lipinski definition) is 4. The zero-order chi connectivity index (χ0) is 12.5. The summed E-state index contributed by atoms with van der Waals surface area (Å²) in [5, 5.41) is 2.71. The number of fused-ring (bicyclic) bond motifs is 1. The summed E-state index contributed by atoms with van der Waals surface area (Å²) in [6, 6.07) is 6.07. The summed E-state index contributed by atoms with van der Waals surface area (Å²) < 4.78 is 5.47. The van der Waals surface area contributed by atoms with Gasteiger partial charge in [0, 0.05) is 17.4 Å². The Labute approximate surface area is 108 Å². The van der Waals surface area contributed by atoms with Crippen LogP contribution in [-0.2, 0) is 17.6 Å². The molecule has 1 amide bonds. The van der Waals surface area contributed by atoms with Crippen LogP contribution >= 0.6 is 11.3 Å². The number of carbonyl (C=O) groups is 1. The maximum absolute atomic E-state index is 10.8. The second-order valence-electron chi connectivity index (χ2n) is 4.19. The van der Waals surface area contributed by atoms with Crippen LogP contribution in [0.4, 0.5) is 0 Å². The van der Waals surface area contributed by atoms with Crippen LogP contribution in [0, 0.1) is 0 Å². The second-order valence-corrected chi connectivity index (χ2v) is 5.13. The Morgan fingerprint density at radius 3 is 3.22 bits per heavy atom. The molecule has 2 heterocycles. The number of nitrogens with zero attached hydrogens (tertiary/aromatic N) is 1. The highest BCUT2D eigenvalue weighted by Gasteiger charge is 2.14. The Bertz CT molecular complexity index is 607. The van der Waals surface area contributed by atoms with Crippen molar-refractivity contribution in [2.75, 3.05) is 6.61 Å². The number of aromatic nitrogens is 1. The van der Waals surface area contributed by atoms with Crippen LogP contribution in [0.15, 0.2) is 23.6 Å². The maximum Gasteiger partial charge on any atom is 0.224 e. The molecule has 1 aliphatic rings. The summed E-state index contributed by atoms with van der Waals surface area (Å²) >= 11 is 1.46. The second kappa shape index (κ2) is 4.42. The molecule has 1 aromatic carbocycles. The van der Waals surface area contributed by atoms with Gasteiger partial charge in [0.05, 0.1) is 18.7 Å². The van der Waals surface area contributed by atoms with E-state index in [4.69, 9.17) is 10.5 Å². The third-order valence-electron chi connectivity index (χ3n) is 2.86. The minimum absolute atomic E-state index is 0.207. The van der Waals surface area contributed by atoms with Crippen LogP contribution in [-0.4, -0.2) is 17.5 Å². The molecule has 2 aromatic rings. The number of ether oxygens (including phenoxy) is 1. The number of hydrogen-bond donors (Lipinski definition) is 1. The van der Waals surface area contributed by atoms with Gasteiger partial charge in [-0.25, -0.2) is 4.98 Å². The van der Waals surface area contributed by atoms with Crippen LogP contribution in [0.25, 0.3) is 11.3 Å². The van der Waals surface area contributed by atoms with E-state index in [1.54, 1.807) is 0 Å². The summed E-state index contributed by atoms with van der Waals surface area (Å²) in [5.41, 5.74) is 8.33. The first kappa shape index (κ1) is 11.2. The van der Waals surface area contributed by atoms with E-state index in [1.807, 2.05) is 17.5 Å². The number of thiazole rings is 1. The van der Waals surface area contributed by atoms with Crippen LogP contribution in [0.1, 0.15) is 10.6 Å². The molecule has 0 saturated carbocycles. The van der Waals surface area contributed by atoms with Gasteiger partial charge in [0.1, 0.15) is 10.8 Å². The van der Waals surface area contributed by atoms with Crippen molar-refractivity contribution in [1.29, 1.82) is 0 Å². The first-order chi connectivity index (χ1) is 8.72. The van der Waals surface area contributed by atoms with E-state index in [-0.39, 0.29) is 12.3 Å². The fraction of sp³-hybridized carbons (Fsp3) is 0.231. The molecular weight excluding hydrogens is 248 g/mol. The van der Waals surface area contributed by atoms with Gasteiger partial charge in [0.15, 0.2) is 0 Å². The van der Waals surface area contributed by atoms with E-state index < -0.39 is 0 Å². The lowest BCUT2D eigenvalue weighted by Crippen LogP contribution is -2.13. The van der Waals surface area contributed by atoms with Gasteiger partial charge in [0.25, 0.3) is 0 Å². The summed E-state index contributed by atoms with van der Waals surface area (Å²) in [4.78, 5) is 15.3. The van der Waals surface area contributed by atoms with E-state index in [9.17, 15) is 4.79 Å². The normalized spacial score (nSPS) is 13.1. The Morgan fingerprint density at radius 1 is 1.50 bits per heavy atom. The van der Waals surface area contributed by atoms with Gasteiger partial charge in [-0.05, 0) is 23.8 Å². The van der Waals surface area contributed by atoms with E-state index >= 15 is 0 Å². The van der Waals surface area contributed by atoms with Crippen molar-refractivity contribution in [3.8, 4) is 17.0 Å². The van der Waals surface area contributed by atoms with Crippen molar-refractivity contribution in [3.05, 3.63) is 34.2 Å². The molecule has 0 radical (unpaired) electrons. The first-order valence-corrected chi connectivity index (χ1v) is 6.59. The molecule has 0 aliphatic carbocycles. The van der Waals surface area contributed by atoms with E-state index in [2.05, 4.69) is 11.1 Å². The van der Waals surface area contributed by atoms with E-state index in [0.29, 0.717) is 0 Å². The first-order valence-electron chi connectivity index (χ1n) is 5.71. The van der Waals surface area contributed by atoms with Crippen molar-refractivity contribution in [2.24, 2.45) is 5.73 Å². The predicted molar refractivity (Wildman–Crippen MR) is 69.6 cm³/mol. The van der Waals surface area contributed by atoms with Crippen LogP contribution in [0.5, 0.6) is 5.75 Å². The van der Waals surface area contributed by atoms with E-state index in [1.165, 1.54) is 16.9 Å². The van der Waals surface area contributed by atoms with Gasteiger partial charge in [-0.1, -0.05) is 0 Å². The average Bonchev–Trinajstić information content (AvgIpc) is 2.95. The van der Waals surface area contributed by atoms with Crippen LogP contribution in [0.2, 0.25) is 0 Å². The van der Waals surface area contributed by atoms with Gasteiger partial charge in [-0.3, -0.25) is 4.79 Å². The molecule has 4 nitrogen and oxygen atoms in total. The van der Waals surface area contributed by atoms with Gasteiger partial charge < -0.3 is 10.5 Å². The van der Waals surface area contributed by atoms with Crippen LogP contribution < -0.4 is 10.5 Å². The van der Waals surface area contributed by atoms with Crippen LogP contribution in [0.3, 0.4) is 0 Å². The maximum atomic E-state index is 10.8. The van der Waals surface area contributed by atoms with Gasteiger partial charge in [-0.15, -0.1) is 11.3 Å². The molecule has 2 N–H and O–H groups in total. The van der Waals surface area contributed by atoms with Crippen molar-refractivity contribution in [2.45, 2.75) is 12.8 Å². The number of rotatable bonds is 3. The lowest BCUT2D eigenvalue weighted by atomic mass is 10.1. The molecule has 0 spiro atoms. The number of benzene rings is 1. The van der Waals surface area contributed by atoms with Crippen molar-refractivity contribution in [3.63, 3.8) is 0 Å². The molecule has 18 heavy (non-hydrogen) atoms. The number of primary amides is 1. The molecule has 1 aliphatic heterocycles. The molecule has 0 atom stereocenters. The minimum atomic E-state index is -0.349. The Kier molecular flexibility index (Phi) is 2.76. The number of amides is 1. The highest BCUT2D eigenvalue weighted by Crippen LogP contribution is 2.30. The van der Waals surface area contributed by atoms with Gasteiger partial charge >= 0.3 is 0 Å². The fourth-order valence-corrected chi connectivity index (χ4v) is 2.83. The number of carbonyl (C=O) groups excluding carboxylic acids is 1. The minimum Gasteiger partial charge on any atom is -0.493 e. The SMILES string of the molecule is NC(=O)Cc1nc(-c2ccc3c(c2)CCO3)cs1. The molecule has 3 rings (SSSR count). The molecule has 1 aromatic heterocycles. The quantitative estimate of drug-likeness (QED) is 0.914. The van der Waals surface area contributed by atoms with Gasteiger partial charge in [0.2, 0.25) is 5.91 Å². The largest absolute Gasteiger partial charge is 0.493 e. The Morgan fingerprint density at radius 2 is 2.39 bits per heavy atom. The predicted octanol–water partition coefficient (Wildman–Crippen LogP) is 1.77. The van der Waals surface area contributed by atoms with Crippen molar-refractivity contribution in [1.82, 2.24) is 4.98 Å². The lowest BCUT2D eigenvalue weighted by Gasteiger charge is -2.01. The third-order valence-corrected chi connectivity index (χ3v) is 3.71. The number of nitrogens with two attached hydrogens (primary N) is 1. The molecule has 0 fully saturated rings. The average molecular weight is 260 g/mol. The summed E-state index contributed by atoms with van der Waals surface area (Å²) in [6.45, 7) is 0.753. The topological polar surface area (TPSA) is 65.2 Å². The summed E-state index contributed by atoms with van der Waals surface area (Å²) in [5.74, 6) is 0.615. The van der Waals surface area contributed by atoms with Crippen molar-refractivity contribution < 1.29 is 9.53 Å². The standard InChI is InChI=1S/C13H12N2O2S/c14-12(16)6-13-15-10(7-18-13)8-1-2-11-9(5-8)3-4-17-11/h1-2,5,7H,3-4,6H2,(H2,14,16). The smallest absolute Gasteiger partial charge is 0.224 e. The molecule has 0 bridgehead atoms. The lowest BCUT2D eigenvalue weighted by molar-refractivity contribution is -0.117. The molecular formula is C13H12N2O2S. The highest BCUT2D eigenvalue weighted by atomic mass is 32.1. The monoisotopic (exact) mass is 260 g/mol. The van der Waals surface area contributed by atoms with Crippen molar-refractivity contribution >= 4 is 17.2 Å². The Hall–Kier alpha value is -1.88.